The summed E-state index contributed by atoms with van der Waals surface area (Å²) in [5.41, 5.74) is 2.36. The minimum Gasteiger partial charge on any atom is -0.360 e. The number of anilines is 2. The van der Waals surface area contributed by atoms with Crippen LogP contribution in [0.4, 0.5) is 11.4 Å². The van der Waals surface area contributed by atoms with Gasteiger partial charge in [0.15, 0.2) is 0 Å². The van der Waals surface area contributed by atoms with E-state index in [0.29, 0.717) is 0 Å². The molecular weight excluding hydrogens is 252 g/mol. The van der Waals surface area contributed by atoms with E-state index in [1.165, 1.54) is 6.20 Å². The van der Waals surface area contributed by atoms with Crippen LogP contribution in [0.5, 0.6) is 0 Å². The van der Waals surface area contributed by atoms with Crippen LogP contribution >= 0.6 is 0 Å². The molecule has 5 nitrogen and oxygen atoms in total. The molecule has 5 heteroatoms. The van der Waals surface area contributed by atoms with Crippen LogP contribution in [0.2, 0.25) is 0 Å². The average molecular weight is 266 g/mol. The van der Waals surface area contributed by atoms with Gasteiger partial charge in [-0.1, -0.05) is 6.07 Å². The molecule has 100 valence electrons. The Labute approximate surface area is 117 Å². The minimum absolute atomic E-state index is 0.00295. The predicted octanol–water partition coefficient (Wildman–Crippen LogP) is 2.69. The van der Waals surface area contributed by atoms with Crippen LogP contribution in [0, 0.1) is 35.5 Å². The van der Waals surface area contributed by atoms with E-state index in [9.17, 15) is 4.79 Å². The second-order valence-electron chi connectivity index (χ2n) is 4.67. The molecule has 0 heterocycles. The van der Waals surface area contributed by atoms with Crippen LogP contribution < -0.4 is 10.6 Å². The highest BCUT2D eigenvalue weighted by Crippen LogP contribution is 2.31. The molecule has 2 rings (SSSR count). The molecule has 0 saturated heterocycles. The maximum atomic E-state index is 11.8. The smallest absolute Gasteiger partial charge is 0.227 e. The molecule has 1 aliphatic carbocycles. The van der Waals surface area contributed by atoms with Gasteiger partial charge in [-0.25, -0.2) is 0 Å². The molecule has 1 aliphatic rings. The van der Waals surface area contributed by atoms with E-state index in [-0.39, 0.29) is 17.4 Å². The number of benzene rings is 1. The monoisotopic (exact) mass is 266 g/mol. The van der Waals surface area contributed by atoms with Gasteiger partial charge < -0.3 is 10.6 Å². The number of rotatable bonds is 4. The summed E-state index contributed by atoms with van der Waals surface area (Å²) in [4.78, 5) is 11.8. The number of hydrogen-bond acceptors (Lipinski definition) is 4. The number of nitrogens with zero attached hydrogens (tertiary/aromatic N) is 2. The van der Waals surface area contributed by atoms with Crippen molar-refractivity contribution in [2.75, 3.05) is 10.6 Å². The molecule has 1 aromatic carbocycles. The number of amides is 1. The van der Waals surface area contributed by atoms with Gasteiger partial charge in [-0.2, -0.15) is 10.5 Å². The highest BCUT2D eigenvalue weighted by molar-refractivity contribution is 5.95. The number of hydrogen-bond donors (Lipinski definition) is 2. The van der Waals surface area contributed by atoms with E-state index in [0.717, 1.165) is 29.8 Å². The largest absolute Gasteiger partial charge is 0.360 e. The summed E-state index contributed by atoms with van der Waals surface area (Å²) in [5.74, 6) is 0.199. The van der Waals surface area contributed by atoms with Crippen LogP contribution in [0.3, 0.4) is 0 Å². The van der Waals surface area contributed by atoms with Crippen LogP contribution in [-0.2, 0) is 4.79 Å². The molecule has 0 unspecified atom stereocenters. The van der Waals surface area contributed by atoms with E-state index < -0.39 is 0 Å². The maximum absolute atomic E-state index is 11.8. The summed E-state index contributed by atoms with van der Waals surface area (Å²) in [6, 6.07) is 9.03. The second kappa shape index (κ2) is 5.90. The fourth-order valence-corrected chi connectivity index (χ4v) is 1.75. The molecule has 0 bridgehead atoms. The molecule has 0 aromatic heterocycles. The molecule has 1 amide bonds. The topological polar surface area (TPSA) is 88.7 Å². The lowest BCUT2D eigenvalue weighted by molar-refractivity contribution is -0.117. The summed E-state index contributed by atoms with van der Waals surface area (Å²) in [6.45, 7) is 1.87. The number of nitriles is 2. The van der Waals surface area contributed by atoms with Crippen molar-refractivity contribution >= 4 is 17.3 Å². The molecule has 20 heavy (non-hydrogen) atoms. The quantitative estimate of drug-likeness (QED) is 0.820. The Morgan fingerprint density at radius 3 is 2.55 bits per heavy atom. The fraction of sp³-hybridized carbons (Fsp3) is 0.267. The van der Waals surface area contributed by atoms with Crippen molar-refractivity contribution in [2.24, 2.45) is 5.92 Å². The summed E-state index contributed by atoms with van der Waals surface area (Å²) < 4.78 is 0. The SMILES string of the molecule is Cc1c(NC=C(C#N)C#N)cccc1NC(=O)C1CC1. The summed E-state index contributed by atoms with van der Waals surface area (Å²) >= 11 is 0. The van der Waals surface area contributed by atoms with Crippen molar-refractivity contribution in [3.8, 4) is 12.1 Å². The van der Waals surface area contributed by atoms with Crippen molar-refractivity contribution in [3.05, 3.63) is 35.5 Å². The lowest BCUT2D eigenvalue weighted by atomic mass is 10.1. The van der Waals surface area contributed by atoms with Crippen molar-refractivity contribution < 1.29 is 4.79 Å². The molecule has 0 aliphatic heterocycles. The fourth-order valence-electron chi connectivity index (χ4n) is 1.75. The Balaban J connectivity index is 2.15. The standard InChI is InChI=1S/C15H14N4O/c1-10-13(18-9-11(7-16)8-17)3-2-4-14(10)19-15(20)12-5-6-12/h2-4,9,12,18H,5-6H2,1H3,(H,19,20). The first kappa shape index (κ1) is 13.6. The van der Waals surface area contributed by atoms with Gasteiger partial charge in [-0.05, 0) is 37.5 Å². The van der Waals surface area contributed by atoms with Crippen LogP contribution in [0.1, 0.15) is 18.4 Å². The van der Waals surface area contributed by atoms with Gasteiger partial charge in [0.2, 0.25) is 5.91 Å². The van der Waals surface area contributed by atoms with E-state index >= 15 is 0 Å². The summed E-state index contributed by atoms with van der Waals surface area (Å²) in [6.07, 6.45) is 3.27. The van der Waals surface area contributed by atoms with Crippen molar-refractivity contribution in [3.63, 3.8) is 0 Å². The molecule has 2 N–H and O–H groups in total. The normalized spacial score (nSPS) is 12.8. The minimum atomic E-state index is -0.00295. The zero-order valence-corrected chi connectivity index (χ0v) is 11.1. The molecular formula is C15H14N4O. The first-order valence-electron chi connectivity index (χ1n) is 6.33. The Bertz CT molecular complexity index is 629. The third-order valence-corrected chi connectivity index (χ3v) is 3.15. The van der Waals surface area contributed by atoms with Gasteiger partial charge in [-0.3, -0.25) is 4.79 Å². The van der Waals surface area contributed by atoms with Crippen LogP contribution in [0.25, 0.3) is 0 Å². The lowest BCUT2D eigenvalue weighted by Gasteiger charge is -2.12. The Morgan fingerprint density at radius 1 is 1.30 bits per heavy atom. The Kier molecular flexibility index (Phi) is 4.02. The average Bonchev–Trinajstić information content (AvgIpc) is 3.28. The summed E-state index contributed by atoms with van der Waals surface area (Å²) in [7, 11) is 0. The third kappa shape index (κ3) is 3.15. The van der Waals surface area contributed by atoms with Crippen molar-refractivity contribution in [1.29, 1.82) is 10.5 Å². The number of carbonyl (C=O) groups is 1. The highest BCUT2D eigenvalue weighted by atomic mass is 16.2. The van der Waals surface area contributed by atoms with Crippen LogP contribution in [-0.4, -0.2) is 5.91 Å². The zero-order valence-electron chi connectivity index (χ0n) is 11.1. The molecule has 0 spiro atoms. The highest BCUT2D eigenvalue weighted by Gasteiger charge is 2.29. The molecule has 1 aromatic rings. The lowest BCUT2D eigenvalue weighted by Crippen LogP contribution is -2.14. The van der Waals surface area contributed by atoms with Gasteiger partial charge >= 0.3 is 0 Å². The Morgan fingerprint density at radius 2 is 1.95 bits per heavy atom. The molecule has 1 saturated carbocycles. The van der Waals surface area contributed by atoms with Gasteiger partial charge in [-0.15, -0.1) is 0 Å². The van der Waals surface area contributed by atoms with Crippen molar-refractivity contribution in [2.45, 2.75) is 19.8 Å². The molecule has 1 fully saturated rings. The summed E-state index contributed by atoms with van der Waals surface area (Å²) in [5, 5.41) is 23.2. The van der Waals surface area contributed by atoms with Crippen molar-refractivity contribution in [1.82, 2.24) is 0 Å². The van der Waals surface area contributed by atoms with Gasteiger partial charge in [0, 0.05) is 23.5 Å². The predicted molar refractivity (Wildman–Crippen MR) is 75.5 cm³/mol. The van der Waals surface area contributed by atoms with Gasteiger partial charge in [0.1, 0.15) is 17.7 Å². The number of allylic oxidation sites excluding steroid dienone is 1. The van der Waals surface area contributed by atoms with E-state index in [4.69, 9.17) is 10.5 Å². The molecule has 0 atom stereocenters. The van der Waals surface area contributed by atoms with Crippen LogP contribution in [0.15, 0.2) is 30.0 Å². The van der Waals surface area contributed by atoms with Gasteiger partial charge in [0.05, 0.1) is 0 Å². The first-order chi connectivity index (χ1) is 9.65. The van der Waals surface area contributed by atoms with E-state index in [1.54, 1.807) is 12.1 Å². The van der Waals surface area contributed by atoms with Gasteiger partial charge in [0.25, 0.3) is 0 Å². The van der Waals surface area contributed by atoms with E-state index in [2.05, 4.69) is 10.6 Å². The maximum Gasteiger partial charge on any atom is 0.227 e. The first-order valence-corrected chi connectivity index (χ1v) is 6.33. The Hall–Kier alpha value is -2.79. The number of nitrogens with one attached hydrogen (secondary N) is 2. The molecule has 0 radical (unpaired) electrons. The van der Waals surface area contributed by atoms with E-state index in [1.807, 2.05) is 25.1 Å². The second-order valence-corrected chi connectivity index (χ2v) is 4.67. The number of carbonyl (C=O) groups excluding carboxylic acids is 1. The third-order valence-electron chi connectivity index (χ3n) is 3.15. The zero-order chi connectivity index (χ0) is 14.5.